The van der Waals surface area contributed by atoms with Gasteiger partial charge in [-0.1, -0.05) is 30.3 Å². The Bertz CT molecular complexity index is 666. The molecule has 112 valence electrons. The van der Waals surface area contributed by atoms with E-state index in [-0.39, 0.29) is 6.42 Å². The number of sulfone groups is 1. The summed E-state index contributed by atoms with van der Waals surface area (Å²) < 4.78 is 47.1. The van der Waals surface area contributed by atoms with E-state index in [1.54, 1.807) is 30.3 Å². The Balaban J connectivity index is 2.86. The van der Waals surface area contributed by atoms with Crippen LogP contribution in [0.2, 0.25) is 0 Å². The van der Waals surface area contributed by atoms with Gasteiger partial charge in [0.15, 0.2) is 14.9 Å². The van der Waals surface area contributed by atoms with Crippen LogP contribution >= 0.6 is 0 Å². The summed E-state index contributed by atoms with van der Waals surface area (Å²) in [6.45, 7) is 0. The molecule has 0 fully saturated rings. The molecule has 0 aliphatic rings. The molecule has 1 aromatic carbocycles. The number of aliphatic carboxylic acids is 1. The lowest BCUT2D eigenvalue weighted by Gasteiger charge is -2.14. The minimum atomic E-state index is -4.22. The second-order valence-corrected chi connectivity index (χ2v) is 8.62. The number of carboxylic acids is 1. The lowest BCUT2D eigenvalue weighted by atomic mass is 10.1. The second-order valence-electron chi connectivity index (χ2n) is 4.36. The predicted molar refractivity (Wildman–Crippen MR) is 73.3 cm³/mol. The van der Waals surface area contributed by atoms with Gasteiger partial charge in [0.25, 0.3) is 0 Å². The minimum Gasteiger partial charge on any atom is -0.480 e. The summed E-state index contributed by atoms with van der Waals surface area (Å²) in [5.74, 6) is -1.37. The molecule has 0 spiro atoms. The zero-order valence-electron chi connectivity index (χ0n) is 10.7. The van der Waals surface area contributed by atoms with Gasteiger partial charge >= 0.3 is 5.97 Å². The molecule has 7 nitrogen and oxygen atoms in total. The molecule has 0 heterocycles. The lowest BCUT2D eigenvalue weighted by Crippen LogP contribution is -2.44. The summed E-state index contributed by atoms with van der Waals surface area (Å²) in [5, 5.41) is 7.88. The van der Waals surface area contributed by atoms with E-state index in [2.05, 4.69) is 0 Å². The zero-order valence-corrected chi connectivity index (χ0v) is 12.3. The molecule has 0 aromatic heterocycles. The summed E-state index contributed by atoms with van der Waals surface area (Å²) >= 11 is 0. The van der Waals surface area contributed by atoms with Crippen LogP contribution in [0.1, 0.15) is 5.56 Å². The Morgan fingerprint density at radius 1 is 1.20 bits per heavy atom. The first-order chi connectivity index (χ1) is 9.09. The van der Waals surface area contributed by atoms with E-state index in [1.165, 1.54) is 0 Å². The van der Waals surface area contributed by atoms with E-state index in [1.807, 2.05) is 4.72 Å². The fraction of sp³-hybridized carbons (Fsp3) is 0.364. The van der Waals surface area contributed by atoms with Gasteiger partial charge in [0, 0.05) is 6.26 Å². The Hall–Kier alpha value is -1.45. The molecule has 20 heavy (non-hydrogen) atoms. The summed E-state index contributed by atoms with van der Waals surface area (Å²) in [5.41, 5.74) is 0.627. The number of nitrogens with one attached hydrogen (secondary N) is 1. The molecule has 1 atom stereocenters. The second kappa shape index (κ2) is 6.33. The van der Waals surface area contributed by atoms with Crippen LogP contribution in [0.3, 0.4) is 0 Å². The van der Waals surface area contributed by atoms with Crippen molar-refractivity contribution in [1.82, 2.24) is 4.72 Å². The molecule has 0 saturated heterocycles. The van der Waals surface area contributed by atoms with Crippen molar-refractivity contribution in [2.24, 2.45) is 0 Å². The fourth-order valence-corrected chi connectivity index (χ4v) is 4.71. The number of sulfonamides is 1. The molecule has 0 aliphatic carbocycles. The van der Waals surface area contributed by atoms with Gasteiger partial charge in [-0.2, -0.15) is 4.72 Å². The van der Waals surface area contributed by atoms with E-state index in [9.17, 15) is 21.6 Å². The van der Waals surface area contributed by atoms with Gasteiger partial charge in [0.2, 0.25) is 10.0 Å². The van der Waals surface area contributed by atoms with Gasteiger partial charge < -0.3 is 5.11 Å². The third kappa shape index (κ3) is 6.13. The van der Waals surface area contributed by atoms with Crippen molar-refractivity contribution in [3.63, 3.8) is 0 Å². The zero-order chi connectivity index (χ0) is 15.4. The molecule has 0 bridgehead atoms. The normalized spacial score (nSPS) is 13.8. The van der Waals surface area contributed by atoms with Crippen LogP contribution < -0.4 is 4.72 Å². The van der Waals surface area contributed by atoms with Crippen molar-refractivity contribution in [3.8, 4) is 0 Å². The van der Waals surface area contributed by atoms with Crippen molar-refractivity contribution in [1.29, 1.82) is 0 Å². The smallest absolute Gasteiger partial charge is 0.322 e. The summed E-state index contributed by atoms with van der Waals surface area (Å²) in [7, 11) is -7.99. The summed E-state index contributed by atoms with van der Waals surface area (Å²) in [6, 6.07) is 7.02. The maximum absolute atomic E-state index is 11.6. The highest BCUT2D eigenvalue weighted by Crippen LogP contribution is 2.05. The van der Waals surface area contributed by atoms with Crippen molar-refractivity contribution in [3.05, 3.63) is 35.9 Å². The summed E-state index contributed by atoms with van der Waals surface area (Å²) in [4.78, 5) is 11.1. The van der Waals surface area contributed by atoms with E-state index < -0.39 is 37.0 Å². The molecular formula is C11H15NO6S2. The number of carbonyl (C=O) groups is 1. The van der Waals surface area contributed by atoms with Crippen LogP contribution in [0, 0.1) is 0 Å². The number of hydrogen-bond donors (Lipinski definition) is 2. The number of hydrogen-bond acceptors (Lipinski definition) is 5. The average molecular weight is 321 g/mol. The topological polar surface area (TPSA) is 118 Å². The van der Waals surface area contributed by atoms with Gasteiger partial charge in [0.05, 0.1) is 0 Å². The number of carboxylic acid groups (broad SMARTS) is 1. The highest BCUT2D eigenvalue weighted by molar-refractivity contribution is 8.06. The first-order valence-electron chi connectivity index (χ1n) is 5.53. The molecule has 1 aromatic rings. The van der Waals surface area contributed by atoms with Crippen LogP contribution in [-0.4, -0.2) is 45.3 Å². The van der Waals surface area contributed by atoms with Gasteiger partial charge in [-0.3, -0.25) is 4.79 Å². The Morgan fingerprint density at radius 3 is 2.20 bits per heavy atom. The molecule has 0 saturated carbocycles. The van der Waals surface area contributed by atoms with Crippen molar-refractivity contribution in [2.45, 2.75) is 12.5 Å². The van der Waals surface area contributed by atoms with Crippen LogP contribution in [-0.2, 0) is 31.1 Å². The van der Waals surface area contributed by atoms with Gasteiger partial charge in [-0.05, 0) is 12.0 Å². The van der Waals surface area contributed by atoms with Gasteiger partial charge in [-0.25, -0.2) is 16.8 Å². The molecule has 2 N–H and O–H groups in total. The monoisotopic (exact) mass is 321 g/mol. The van der Waals surface area contributed by atoms with Crippen LogP contribution in [0.15, 0.2) is 30.3 Å². The quantitative estimate of drug-likeness (QED) is 0.706. The van der Waals surface area contributed by atoms with E-state index >= 15 is 0 Å². The Morgan fingerprint density at radius 2 is 1.75 bits per heavy atom. The first kappa shape index (κ1) is 16.6. The highest BCUT2D eigenvalue weighted by Gasteiger charge is 2.26. The average Bonchev–Trinajstić information content (AvgIpc) is 2.25. The van der Waals surface area contributed by atoms with E-state index in [0.717, 1.165) is 6.26 Å². The third-order valence-electron chi connectivity index (χ3n) is 2.27. The fourth-order valence-electron chi connectivity index (χ4n) is 1.56. The van der Waals surface area contributed by atoms with Gasteiger partial charge in [-0.15, -0.1) is 0 Å². The Kier molecular flexibility index (Phi) is 5.26. The lowest BCUT2D eigenvalue weighted by molar-refractivity contribution is -0.138. The first-order valence-corrected chi connectivity index (χ1v) is 9.25. The SMILES string of the molecule is CS(=O)(=O)CS(=O)(=O)N[C@@H](Cc1ccccc1)C(=O)O. The molecular weight excluding hydrogens is 306 g/mol. The molecule has 1 rings (SSSR count). The van der Waals surface area contributed by atoms with E-state index in [4.69, 9.17) is 5.11 Å². The predicted octanol–water partition coefficient (Wildman–Crippen LogP) is -0.396. The maximum atomic E-state index is 11.6. The van der Waals surface area contributed by atoms with Crippen molar-refractivity contribution in [2.75, 3.05) is 11.3 Å². The van der Waals surface area contributed by atoms with Crippen LogP contribution in [0.5, 0.6) is 0 Å². The molecule has 0 unspecified atom stereocenters. The highest BCUT2D eigenvalue weighted by atomic mass is 32.3. The van der Waals surface area contributed by atoms with Gasteiger partial charge in [0.1, 0.15) is 6.04 Å². The standard InChI is InChI=1S/C11H15NO6S2/c1-19(15,16)8-20(17,18)12-10(11(13)14)7-9-5-3-2-4-6-9/h2-6,10,12H,7-8H2,1H3,(H,13,14)/t10-/m0/s1. The molecule has 0 amide bonds. The molecule has 0 radical (unpaired) electrons. The molecule has 0 aliphatic heterocycles. The van der Waals surface area contributed by atoms with Crippen LogP contribution in [0.25, 0.3) is 0 Å². The van der Waals surface area contributed by atoms with Crippen molar-refractivity contribution >= 4 is 25.8 Å². The number of benzene rings is 1. The molecule has 9 heteroatoms. The van der Waals surface area contributed by atoms with E-state index in [0.29, 0.717) is 5.56 Å². The maximum Gasteiger partial charge on any atom is 0.322 e. The summed E-state index contributed by atoms with van der Waals surface area (Å²) in [6.07, 6.45) is 0.693. The Labute approximate surface area is 117 Å². The largest absolute Gasteiger partial charge is 0.480 e. The van der Waals surface area contributed by atoms with Crippen molar-refractivity contribution < 1.29 is 26.7 Å². The van der Waals surface area contributed by atoms with Crippen LogP contribution in [0.4, 0.5) is 0 Å². The minimum absolute atomic E-state index is 0.0703. The number of rotatable bonds is 7. The third-order valence-corrected chi connectivity index (χ3v) is 5.87.